The topological polar surface area (TPSA) is 55.1 Å². The monoisotopic (exact) mass is 198 g/mol. The summed E-state index contributed by atoms with van der Waals surface area (Å²) >= 11 is 0. The van der Waals surface area contributed by atoms with Gasteiger partial charge in [0.05, 0.1) is 6.04 Å². The van der Waals surface area contributed by atoms with Crippen LogP contribution in [0.1, 0.15) is 34.1 Å². The van der Waals surface area contributed by atoms with E-state index in [-0.39, 0.29) is 17.9 Å². The van der Waals surface area contributed by atoms with Crippen molar-refractivity contribution in [1.29, 1.82) is 0 Å². The third-order valence-corrected chi connectivity index (χ3v) is 3.51. The molecule has 1 aliphatic carbocycles. The molecule has 14 heavy (non-hydrogen) atoms. The molecule has 3 nitrogen and oxygen atoms in total. The van der Waals surface area contributed by atoms with Gasteiger partial charge < -0.3 is 11.1 Å². The highest BCUT2D eigenvalue weighted by atomic mass is 16.2. The summed E-state index contributed by atoms with van der Waals surface area (Å²) < 4.78 is 0. The Labute approximate surface area is 86.4 Å². The number of carbonyl (C=O) groups is 1. The number of carbonyl (C=O) groups excluding carboxylic acids is 1. The summed E-state index contributed by atoms with van der Waals surface area (Å²) in [7, 11) is 0. The molecule has 0 radical (unpaired) electrons. The Kier molecular flexibility index (Phi) is 3.53. The standard InChI is InChI=1S/C11H22N2O/c1-6(2)10(12)11(14)13-9-5-7(3)8(9)4/h6-10H,5,12H2,1-4H3,(H,13,14)/t7?,8?,9?,10-/m1/s1. The van der Waals surface area contributed by atoms with Crippen LogP contribution in [0.2, 0.25) is 0 Å². The number of nitrogens with one attached hydrogen (secondary N) is 1. The molecule has 1 saturated carbocycles. The highest BCUT2D eigenvalue weighted by Gasteiger charge is 2.36. The van der Waals surface area contributed by atoms with E-state index in [9.17, 15) is 4.79 Å². The fourth-order valence-corrected chi connectivity index (χ4v) is 1.80. The van der Waals surface area contributed by atoms with Gasteiger partial charge in [0.15, 0.2) is 0 Å². The molecule has 1 rings (SSSR count). The van der Waals surface area contributed by atoms with E-state index in [0.29, 0.717) is 12.0 Å². The minimum absolute atomic E-state index is 0.00347. The maximum absolute atomic E-state index is 11.6. The Balaban J connectivity index is 2.35. The quantitative estimate of drug-likeness (QED) is 0.714. The van der Waals surface area contributed by atoms with Crippen molar-refractivity contribution < 1.29 is 4.79 Å². The Morgan fingerprint density at radius 1 is 1.43 bits per heavy atom. The minimum Gasteiger partial charge on any atom is -0.352 e. The number of amides is 1. The van der Waals surface area contributed by atoms with Crippen molar-refractivity contribution in [2.45, 2.75) is 46.2 Å². The van der Waals surface area contributed by atoms with Crippen molar-refractivity contribution >= 4 is 5.91 Å². The molecule has 0 heterocycles. The van der Waals surface area contributed by atoms with Crippen LogP contribution in [0.4, 0.5) is 0 Å². The molecular formula is C11H22N2O. The van der Waals surface area contributed by atoms with Gasteiger partial charge in [0.1, 0.15) is 0 Å². The predicted molar refractivity (Wildman–Crippen MR) is 57.7 cm³/mol. The average Bonchev–Trinajstić information content (AvgIpc) is 2.15. The van der Waals surface area contributed by atoms with Crippen molar-refractivity contribution in [2.75, 3.05) is 0 Å². The molecule has 0 spiro atoms. The molecular weight excluding hydrogens is 176 g/mol. The van der Waals surface area contributed by atoms with Gasteiger partial charge in [-0.3, -0.25) is 4.79 Å². The minimum atomic E-state index is -0.363. The van der Waals surface area contributed by atoms with Crippen LogP contribution >= 0.6 is 0 Å². The van der Waals surface area contributed by atoms with Gasteiger partial charge >= 0.3 is 0 Å². The first kappa shape index (κ1) is 11.5. The molecule has 4 atom stereocenters. The molecule has 1 fully saturated rings. The molecule has 3 N–H and O–H groups in total. The summed E-state index contributed by atoms with van der Waals surface area (Å²) in [4.78, 5) is 11.6. The zero-order chi connectivity index (χ0) is 10.9. The van der Waals surface area contributed by atoms with Gasteiger partial charge in [-0.05, 0) is 24.2 Å². The van der Waals surface area contributed by atoms with Gasteiger partial charge in [-0.1, -0.05) is 27.7 Å². The molecule has 3 unspecified atom stereocenters. The highest BCUT2D eigenvalue weighted by molar-refractivity contribution is 5.82. The van der Waals surface area contributed by atoms with E-state index in [1.165, 1.54) is 0 Å². The molecule has 1 amide bonds. The van der Waals surface area contributed by atoms with E-state index < -0.39 is 0 Å². The fourth-order valence-electron chi connectivity index (χ4n) is 1.80. The largest absolute Gasteiger partial charge is 0.352 e. The van der Waals surface area contributed by atoms with Crippen LogP contribution in [0.3, 0.4) is 0 Å². The SMILES string of the molecule is CC1CC(NC(=O)[C@H](N)C(C)C)C1C. The lowest BCUT2D eigenvalue weighted by Crippen LogP contribution is -2.55. The van der Waals surface area contributed by atoms with Crippen LogP contribution in [-0.2, 0) is 4.79 Å². The lowest BCUT2D eigenvalue weighted by Gasteiger charge is -2.41. The fraction of sp³-hybridized carbons (Fsp3) is 0.909. The lowest BCUT2D eigenvalue weighted by molar-refractivity contribution is -0.125. The number of nitrogens with two attached hydrogens (primary N) is 1. The molecule has 0 saturated heterocycles. The Morgan fingerprint density at radius 2 is 2.00 bits per heavy atom. The van der Waals surface area contributed by atoms with Crippen molar-refractivity contribution in [3.8, 4) is 0 Å². The van der Waals surface area contributed by atoms with E-state index in [1.54, 1.807) is 0 Å². The van der Waals surface area contributed by atoms with E-state index in [4.69, 9.17) is 5.73 Å². The first-order chi connectivity index (χ1) is 6.43. The summed E-state index contributed by atoms with van der Waals surface area (Å²) in [5, 5.41) is 3.01. The maximum Gasteiger partial charge on any atom is 0.237 e. The molecule has 0 aromatic rings. The smallest absolute Gasteiger partial charge is 0.237 e. The van der Waals surface area contributed by atoms with E-state index in [1.807, 2.05) is 13.8 Å². The number of hydrogen-bond donors (Lipinski definition) is 2. The first-order valence-corrected chi connectivity index (χ1v) is 5.49. The molecule has 0 bridgehead atoms. The Hall–Kier alpha value is -0.570. The average molecular weight is 198 g/mol. The predicted octanol–water partition coefficient (Wildman–Crippen LogP) is 1.13. The maximum atomic E-state index is 11.6. The molecule has 0 aromatic heterocycles. The van der Waals surface area contributed by atoms with E-state index in [2.05, 4.69) is 19.2 Å². The second kappa shape index (κ2) is 4.30. The van der Waals surface area contributed by atoms with Crippen molar-refractivity contribution in [3.63, 3.8) is 0 Å². The van der Waals surface area contributed by atoms with Gasteiger partial charge in [-0.15, -0.1) is 0 Å². The number of rotatable bonds is 3. The van der Waals surface area contributed by atoms with Gasteiger partial charge in [0.25, 0.3) is 0 Å². The summed E-state index contributed by atoms with van der Waals surface area (Å²) in [5.41, 5.74) is 5.76. The van der Waals surface area contributed by atoms with Crippen molar-refractivity contribution in [3.05, 3.63) is 0 Å². The van der Waals surface area contributed by atoms with E-state index in [0.717, 1.165) is 12.3 Å². The zero-order valence-electron chi connectivity index (χ0n) is 9.58. The number of hydrogen-bond acceptors (Lipinski definition) is 2. The van der Waals surface area contributed by atoms with E-state index >= 15 is 0 Å². The van der Waals surface area contributed by atoms with Crippen LogP contribution in [-0.4, -0.2) is 18.0 Å². The van der Waals surface area contributed by atoms with Gasteiger partial charge in [-0.2, -0.15) is 0 Å². The van der Waals surface area contributed by atoms with Crippen molar-refractivity contribution in [1.82, 2.24) is 5.32 Å². The van der Waals surface area contributed by atoms with Crippen LogP contribution in [0.15, 0.2) is 0 Å². The van der Waals surface area contributed by atoms with Gasteiger partial charge in [-0.25, -0.2) is 0 Å². The summed E-state index contributed by atoms with van der Waals surface area (Å²) in [6, 6.07) is -0.0135. The third kappa shape index (κ3) is 2.27. The van der Waals surface area contributed by atoms with Crippen LogP contribution < -0.4 is 11.1 Å². The lowest BCUT2D eigenvalue weighted by atomic mass is 9.71. The second-order valence-corrected chi connectivity index (χ2v) is 4.96. The first-order valence-electron chi connectivity index (χ1n) is 5.49. The summed E-state index contributed by atoms with van der Waals surface area (Å²) in [6.07, 6.45) is 1.09. The normalized spacial score (nSPS) is 33.7. The molecule has 3 heteroatoms. The van der Waals surface area contributed by atoms with Gasteiger partial charge in [0, 0.05) is 6.04 Å². The van der Waals surface area contributed by atoms with Crippen molar-refractivity contribution in [2.24, 2.45) is 23.5 Å². The third-order valence-electron chi connectivity index (χ3n) is 3.51. The summed E-state index contributed by atoms with van der Waals surface area (Å²) in [6.45, 7) is 8.34. The zero-order valence-corrected chi connectivity index (χ0v) is 9.58. The van der Waals surface area contributed by atoms with Crippen LogP contribution in [0, 0.1) is 17.8 Å². The molecule has 1 aliphatic rings. The summed E-state index contributed by atoms with van der Waals surface area (Å²) in [5.74, 6) is 1.54. The molecule has 82 valence electrons. The van der Waals surface area contributed by atoms with Gasteiger partial charge in [0.2, 0.25) is 5.91 Å². The van der Waals surface area contributed by atoms with Crippen LogP contribution in [0.25, 0.3) is 0 Å². The molecule has 0 aliphatic heterocycles. The highest BCUT2D eigenvalue weighted by Crippen LogP contribution is 2.33. The van der Waals surface area contributed by atoms with Crippen LogP contribution in [0.5, 0.6) is 0 Å². The molecule has 0 aromatic carbocycles. The Bertz CT molecular complexity index is 215. The Morgan fingerprint density at radius 3 is 2.36 bits per heavy atom. The second-order valence-electron chi connectivity index (χ2n) is 4.96.